The number of anilines is 6. The molecule has 24 heteroatoms. The van der Waals surface area contributed by atoms with E-state index >= 15 is 0 Å². The van der Waals surface area contributed by atoms with Gasteiger partial charge in [0, 0.05) is 175 Å². The van der Waals surface area contributed by atoms with Crippen LogP contribution in [0.5, 0.6) is 0 Å². The van der Waals surface area contributed by atoms with E-state index in [4.69, 9.17) is 23.4 Å². The van der Waals surface area contributed by atoms with Crippen LogP contribution in [-0.4, -0.2) is 110 Å². The molecule has 0 fully saturated rings. The van der Waals surface area contributed by atoms with E-state index in [1.165, 1.54) is 5.56 Å². The van der Waals surface area contributed by atoms with E-state index in [2.05, 4.69) is 66.0 Å². The van der Waals surface area contributed by atoms with Gasteiger partial charge in [0.05, 0.1) is 5.69 Å². The second-order valence-electron chi connectivity index (χ2n) is 32.0. The van der Waals surface area contributed by atoms with Crippen LogP contribution in [0.15, 0.2) is 200 Å². The van der Waals surface area contributed by atoms with Gasteiger partial charge in [0.25, 0.3) is 11.8 Å². The van der Waals surface area contributed by atoms with E-state index in [1.54, 1.807) is 72.2 Å². The topological polar surface area (TPSA) is 311 Å². The van der Waals surface area contributed by atoms with Crippen molar-refractivity contribution < 1.29 is 51.2 Å². The van der Waals surface area contributed by atoms with Crippen LogP contribution < -0.4 is 36.8 Å². The molecular weight excluding hydrogens is 1520 g/mol. The van der Waals surface area contributed by atoms with Gasteiger partial charge in [-0.25, -0.2) is 19.9 Å². The van der Waals surface area contributed by atoms with E-state index in [0.717, 1.165) is 198 Å². The van der Waals surface area contributed by atoms with E-state index in [0.29, 0.717) is 88.3 Å². The zero-order chi connectivity index (χ0) is 82.7. The number of nitrogens with one attached hydrogen (secondary N) is 4. The highest BCUT2D eigenvalue weighted by Gasteiger charge is 2.32. The summed E-state index contributed by atoms with van der Waals surface area (Å²) in [5.41, 5.74) is 22.1. The van der Waals surface area contributed by atoms with Crippen molar-refractivity contribution in [1.29, 1.82) is 0 Å². The van der Waals surface area contributed by atoms with Crippen LogP contribution in [0.25, 0.3) is 68.2 Å². The minimum atomic E-state index is -0.128. The van der Waals surface area contributed by atoms with Crippen LogP contribution in [0.2, 0.25) is 0 Å². The molecule has 8 aromatic heterocycles. The fraction of sp³-hybridized carbons (Fsp3) is 0.289. The molecule has 0 aliphatic carbocycles. The number of para-hydroxylation sites is 4. The number of carbonyl (C=O) groups is 7. The zero-order valence-electron chi connectivity index (χ0n) is 67.3. The van der Waals surface area contributed by atoms with E-state index in [9.17, 15) is 33.6 Å². The first-order valence-electron chi connectivity index (χ1n) is 41.4. The Labute approximate surface area is 700 Å². The molecule has 616 valence electrons. The molecule has 8 aliphatic heterocycles. The third-order valence-corrected chi connectivity index (χ3v) is 23.5. The number of nitrogens with zero attached hydrogens (tertiary/aromatic N) is 8. The van der Waals surface area contributed by atoms with Crippen LogP contribution in [-0.2, 0) is 97.9 Å². The summed E-state index contributed by atoms with van der Waals surface area (Å²) in [5.74, 6) is 5.77. The lowest BCUT2D eigenvalue weighted by atomic mass is 9.96. The molecule has 0 saturated heterocycles. The highest BCUT2D eigenvalue weighted by atomic mass is 16.4. The average molecular weight is 1620 g/mol. The molecule has 0 bridgehead atoms. The molecule has 4 unspecified atom stereocenters. The monoisotopic (exact) mass is 1620 g/mol. The SMILES string of the molecule is C.C=C1Nc2ncc(/C=C/C(=O)N3CCCc4oc5ccccc5c4C3)cc2CC1N.CC1Cc2cc(/C=C/C(=O)N3CCCCc4c3oc3ccccc43)cnc2NC1=O.CC1Cc2cc(/C=C/C(=O)N3CCCCc4oc5ccccc5c43)cnc2NC1=O.CC1Cc2cc(/C=C/C(=O)N3CCc4oc5ccccc5c4CC3)cnc2NC1=O. The number of rotatable bonds is 8. The minimum Gasteiger partial charge on any atom is -0.461 e. The predicted molar refractivity (Wildman–Crippen MR) is 472 cm³/mol. The second-order valence-corrected chi connectivity index (χ2v) is 32.0. The van der Waals surface area contributed by atoms with Crippen LogP contribution >= 0.6 is 0 Å². The second kappa shape index (κ2) is 35.5. The first kappa shape index (κ1) is 81.1. The third-order valence-electron chi connectivity index (χ3n) is 23.5. The van der Waals surface area contributed by atoms with Crippen LogP contribution in [0.4, 0.5) is 34.8 Å². The van der Waals surface area contributed by atoms with Gasteiger partial charge in [-0.2, -0.15) is 0 Å². The standard InChI is InChI=1S/C24H24N4O2.3C24H23N3O3.CH4/c1-15-20(25)12-17-11-16(13-26-24(17)27-15)8-9-23(29)28-10-4-7-22-19(14-28)18-5-2-3-6-21(18)30-22;1-15-12-17-13-16(14-25-22(17)26-23(15)29)9-10-21(28)27-11-5-4-7-19-18-6-2-3-8-20(18)30-24(19)27;1-15-12-17-13-16(14-25-23(17)26-24(15)29)9-10-21(28)27-11-5-4-8-20-22(27)18-6-2-3-7-19(18)30-20;1-15-12-17-13-16(14-25-23(17)26-24(15)29)6-7-22(28)27-10-8-19-18-4-2-3-5-20(18)30-21(19)9-11-27;/h2-3,5-6,8-9,11,13,20H,1,4,7,10,12,14,25H2,(H,26,27);2-3,6,8-10,13-15H,4-5,7,11-12H2,1H3,(H,25,26,29);2-3,6-7,9-10,13-15H,4-5,8,11-12H2,1H3,(H,25,26,29);2-7,13-15H,8-12H2,1H3,(H,25,26,29);1H4/b9-8+;2*10-9+;7-6+;. The predicted octanol–water partition coefficient (Wildman–Crippen LogP) is 16.5. The highest BCUT2D eigenvalue weighted by molar-refractivity contribution is 6.10. The maximum absolute atomic E-state index is 13.1. The Hall–Kier alpha value is -13.6. The number of nitrogens with two attached hydrogens (primary N) is 1. The van der Waals surface area contributed by atoms with Crippen molar-refractivity contribution >= 4 is 144 Å². The van der Waals surface area contributed by atoms with E-state index in [-0.39, 0.29) is 72.6 Å². The maximum Gasteiger partial charge on any atom is 0.253 e. The van der Waals surface area contributed by atoms with E-state index < -0.39 is 0 Å². The molecule has 121 heavy (non-hydrogen) atoms. The fourth-order valence-corrected chi connectivity index (χ4v) is 16.9. The van der Waals surface area contributed by atoms with Gasteiger partial charge in [-0.15, -0.1) is 0 Å². The molecule has 7 amide bonds. The number of hydrogen-bond acceptors (Lipinski definition) is 17. The average Bonchev–Trinajstić information content (AvgIpc) is 1.66. The molecule has 12 aromatic rings. The number of benzene rings is 4. The lowest BCUT2D eigenvalue weighted by Gasteiger charge is -2.24. The highest BCUT2D eigenvalue weighted by Crippen LogP contribution is 2.40. The lowest BCUT2D eigenvalue weighted by Crippen LogP contribution is -2.33. The molecule has 4 aromatic carbocycles. The number of furan rings is 4. The van der Waals surface area contributed by atoms with Gasteiger partial charge in [0.2, 0.25) is 35.4 Å². The number of carbonyl (C=O) groups excluding carboxylic acids is 7. The number of fused-ring (bicyclic) bond motifs is 16. The summed E-state index contributed by atoms with van der Waals surface area (Å²) in [6.45, 7) is 13.5. The Balaban J connectivity index is 0.000000120. The summed E-state index contributed by atoms with van der Waals surface area (Å²) < 4.78 is 24.1. The first-order valence-corrected chi connectivity index (χ1v) is 41.4. The van der Waals surface area contributed by atoms with Crippen LogP contribution in [0.1, 0.15) is 139 Å². The van der Waals surface area contributed by atoms with Crippen molar-refractivity contribution in [3.8, 4) is 0 Å². The Kier molecular flexibility index (Phi) is 23.8. The molecule has 24 nitrogen and oxygen atoms in total. The summed E-state index contributed by atoms with van der Waals surface area (Å²) in [6.07, 6.45) is 32.0. The van der Waals surface area contributed by atoms with Gasteiger partial charge in [-0.05, 0) is 194 Å². The van der Waals surface area contributed by atoms with Crippen molar-refractivity contribution in [3.05, 3.63) is 261 Å². The molecule has 0 radical (unpaired) electrons. The molecular formula is C97H97N13O11. The summed E-state index contributed by atoms with van der Waals surface area (Å²) in [6, 6.07) is 39.8. The Morgan fingerprint density at radius 2 is 0.810 bits per heavy atom. The maximum atomic E-state index is 13.1. The number of amides is 7. The molecule has 4 atom stereocenters. The van der Waals surface area contributed by atoms with Crippen LogP contribution in [0, 0.1) is 17.8 Å². The fourth-order valence-electron chi connectivity index (χ4n) is 16.9. The van der Waals surface area contributed by atoms with Gasteiger partial charge in [-0.3, -0.25) is 38.5 Å². The first-order chi connectivity index (χ1) is 58.4. The van der Waals surface area contributed by atoms with Crippen molar-refractivity contribution in [2.75, 3.05) is 63.8 Å². The van der Waals surface area contributed by atoms with Gasteiger partial charge in [-0.1, -0.05) is 102 Å². The Morgan fingerprint density at radius 3 is 1.35 bits per heavy atom. The number of hydrogen-bond donors (Lipinski definition) is 5. The molecule has 16 heterocycles. The van der Waals surface area contributed by atoms with Gasteiger partial charge < -0.3 is 59.4 Å². The quantitative estimate of drug-likeness (QED) is 0.0883. The smallest absolute Gasteiger partial charge is 0.253 e. The third kappa shape index (κ3) is 17.6. The van der Waals surface area contributed by atoms with Gasteiger partial charge in [0.1, 0.15) is 62.9 Å². The Bertz CT molecular complexity index is 6190. The normalized spacial score (nSPS) is 18.6. The van der Waals surface area contributed by atoms with Crippen molar-refractivity contribution in [2.45, 2.75) is 131 Å². The number of pyridine rings is 4. The summed E-state index contributed by atoms with van der Waals surface area (Å²) in [7, 11) is 0. The summed E-state index contributed by atoms with van der Waals surface area (Å²) >= 11 is 0. The zero-order valence-corrected chi connectivity index (χ0v) is 67.3. The largest absolute Gasteiger partial charge is 0.461 e. The molecule has 6 N–H and O–H groups in total. The van der Waals surface area contributed by atoms with Crippen molar-refractivity contribution in [2.24, 2.45) is 23.5 Å². The summed E-state index contributed by atoms with van der Waals surface area (Å²) in [4.78, 5) is 112. The molecule has 20 rings (SSSR count). The molecule has 0 spiro atoms. The van der Waals surface area contributed by atoms with Crippen molar-refractivity contribution in [1.82, 2.24) is 29.7 Å². The minimum absolute atomic E-state index is 0. The van der Waals surface area contributed by atoms with Crippen LogP contribution in [0.3, 0.4) is 0 Å². The lowest BCUT2D eigenvalue weighted by molar-refractivity contribution is -0.127. The molecule has 8 aliphatic rings. The van der Waals surface area contributed by atoms with Gasteiger partial charge in [0.15, 0.2) is 0 Å². The number of aromatic nitrogens is 4. The van der Waals surface area contributed by atoms with E-state index in [1.807, 2.05) is 145 Å². The van der Waals surface area contributed by atoms with Gasteiger partial charge >= 0.3 is 0 Å². The number of aryl methyl sites for hydroxylation is 3. The van der Waals surface area contributed by atoms with Crippen molar-refractivity contribution in [3.63, 3.8) is 0 Å². The summed E-state index contributed by atoms with van der Waals surface area (Å²) in [5, 5.41) is 15.9. The molecule has 0 saturated carbocycles. The Morgan fingerprint density at radius 1 is 0.413 bits per heavy atom.